The van der Waals surface area contributed by atoms with Gasteiger partial charge in [0, 0.05) is 0 Å². The smallest absolute Gasteiger partial charge is 0.381 e. The van der Waals surface area contributed by atoms with Crippen molar-refractivity contribution < 1.29 is 52.4 Å². The number of phosphoric acid groups is 2. The molecule has 1 aromatic carbocycles. The Balaban J connectivity index is 0.000000593. The molecule has 0 aromatic heterocycles. The zero-order chi connectivity index (χ0) is 19.7. The molecule has 0 aliphatic heterocycles. The molecule has 1 atom stereocenters. The molecule has 0 fully saturated rings. The molecule has 140 valence electrons. The molecule has 0 amide bonds. The van der Waals surface area contributed by atoms with Gasteiger partial charge in [-0.05, 0) is 5.56 Å². The molecule has 13 heteroatoms. The number of carbonyl (C=O) groups is 2. The summed E-state index contributed by atoms with van der Waals surface area (Å²) in [5.74, 6) is -3.48. The van der Waals surface area contributed by atoms with E-state index >= 15 is 0 Å². The molecule has 0 aliphatic rings. The van der Waals surface area contributed by atoms with E-state index in [1.807, 2.05) is 36.4 Å². The molecule has 11 nitrogen and oxygen atoms in total. The van der Waals surface area contributed by atoms with Crippen molar-refractivity contribution in [3.8, 4) is 0 Å². The number of rotatable bonds is 6. The fourth-order valence-corrected chi connectivity index (χ4v) is 1.87. The van der Waals surface area contributed by atoms with Crippen LogP contribution in [-0.2, 0) is 27.8 Å². The predicted octanol–water partition coefficient (Wildman–Crippen LogP) is 0.339. The highest BCUT2D eigenvalue weighted by molar-refractivity contribution is 7.47. The maximum atomic E-state index is 10.7. The highest BCUT2D eigenvalue weighted by Gasteiger charge is 2.30. The Morgan fingerprint density at radius 2 is 1.52 bits per heavy atom. The monoisotopic (exact) mass is 398 g/mol. The molecule has 1 unspecified atom stereocenters. The van der Waals surface area contributed by atoms with Gasteiger partial charge >= 0.3 is 27.6 Å². The Bertz CT molecular complexity index is 676. The van der Waals surface area contributed by atoms with Gasteiger partial charge in [-0.15, -0.1) is 0 Å². The van der Waals surface area contributed by atoms with E-state index in [1.54, 1.807) is 0 Å². The lowest BCUT2D eigenvalue weighted by molar-refractivity contribution is -0.151. The first-order valence-electron chi connectivity index (χ1n) is 6.26. The molecular weight excluding hydrogens is 382 g/mol. The van der Waals surface area contributed by atoms with Gasteiger partial charge in [0.15, 0.2) is 6.10 Å². The van der Waals surface area contributed by atoms with Gasteiger partial charge < -0.3 is 14.2 Å². The topological polar surface area (TPSA) is 188 Å². The third-order valence-corrected chi connectivity index (χ3v) is 2.96. The van der Waals surface area contributed by atoms with E-state index in [4.69, 9.17) is 24.7 Å². The van der Waals surface area contributed by atoms with Crippen molar-refractivity contribution in [3.63, 3.8) is 0 Å². The zero-order valence-electron chi connectivity index (χ0n) is 12.5. The van der Waals surface area contributed by atoms with Crippen molar-refractivity contribution in [1.29, 1.82) is 0 Å². The second-order valence-electron chi connectivity index (χ2n) is 4.19. The van der Waals surface area contributed by atoms with Crippen LogP contribution in [0.2, 0.25) is 0 Å². The summed E-state index contributed by atoms with van der Waals surface area (Å²) in [5.41, 5.74) is 1.17. The molecule has 0 aliphatic carbocycles. The Hall–Kier alpha value is -1.84. The maximum absolute atomic E-state index is 10.7. The van der Waals surface area contributed by atoms with E-state index in [0.29, 0.717) is 0 Å². The number of phosphoric ester groups is 2. The van der Waals surface area contributed by atoms with Gasteiger partial charge in [0.25, 0.3) is 0 Å². The Kier molecular flexibility index (Phi) is 9.47. The molecule has 25 heavy (non-hydrogen) atoms. The number of hydrogen-bond acceptors (Lipinski definition) is 7. The van der Waals surface area contributed by atoms with E-state index in [2.05, 4.69) is 15.6 Å². The van der Waals surface area contributed by atoms with Gasteiger partial charge in [-0.1, -0.05) is 43.0 Å². The number of hydrogen-bond donors (Lipinski definition) is 5. The lowest BCUT2D eigenvalue weighted by Gasteiger charge is -2.10. The van der Waals surface area contributed by atoms with Gasteiger partial charge in [-0.25, -0.2) is 13.9 Å². The van der Waals surface area contributed by atoms with Crippen LogP contribution in [0, 0.1) is 0 Å². The molecule has 1 aromatic rings. The Morgan fingerprint density at radius 1 is 1.04 bits per heavy atom. The van der Waals surface area contributed by atoms with Gasteiger partial charge in [0.1, 0.15) is 0 Å². The first kappa shape index (κ1) is 23.2. The van der Waals surface area contributed by atoms with Crippen LogP contribution >= 0.6 is 15.6 Å². The average molecular weight is 398 g/mol. The normalized spacial score (nSPS) is 12.2. The van der Waals surface area contributed by atoms with Crippen molar-refractivity contribution in [1.82, 2.24) is 0 Å². The molecule has 0 radical (unpaired) electrons. The fourth-order valence-electron chi connectivity index (χ4n) is 1.18. The molecule has 0 saturated carbocycles. The lowest BCUT2D eigenvalue weighted by Crippen LogP contribution is -2.25. The number of aliphatic hydroxyl groups is 1. The van der Waals surface area contributed by atoms with Crippen molar-refractivity contribution >= 4 is 33.7 Å². The summed E-state index contributed by atoms with van der Waals surface area (Å²) in [4.78, 5) is 54.0. The quantitative estimate of drug-likeness (QED) is 0.416. The Morgan fingerprint density at radius 3 is 1.88 bits per heavy atom. The zero-order valence-corrected chi connectivity index (χ0v) is 14.3. The van der Waals surface area contributed by atoms with Crippen LogP contribution in [-0.4, -0.2) is 42.7 Å². The van der Waals surface area contributed by atoms with Gasteiger partial charge in [-0.3, -0.25) is 24.4 Å². The summed E-state index contributed by atoms with van der Waals surface area (Å²) >= 11 is 0. The van der Waals surface area contributed by atoms with E-state index < -0.39 is 40.1 Å². The van der Waals surface area contributed by atoms with Crippen LogP contribution in [0.25, 0.3) is 6.08 Å². The number of benzene rings is 1. The number of carbonyl (C=O) groups excluding carboxylic acids is 2. The second kappa shape index (κ2) is 10.2. The second-order valence-corrected chi connectivity index (χ2v) is 6.52. The fraction of sp³-hybridized carbons (Fsp3) is 0.167. The maximum Gasteiger partial charge on any atom is 0.527 e. The van der Waals surface area contributed by atoms with E-state index in [0.717, 1.165) is 0 Å². The minimum atomic E-state index is -5.18. The SMILES string of the molecule is C=Cc1ccccc1.O=C(CC(O)C(=O)OP(=O)(O)O)OP(=O)(O)O. The molecule has 0 spiro atoms. The average Bonchev–Trinajstić information content (AvgIpc) is 2.45. The van der Waals surface area contributed by atoms with Gasteiger partial charge in [-0.2, -0.15) is 0 Å². The van der Waals surface area contributed by atoms with Crippen molar-refractivity contribution in [3.05, 3.63) is 42.5 Å². The summed E-state index contributed by atoms with van der Waals surface area (Å²) in [7, 11) is -10.3. The third kappa shape index (κ3) is 13.2. The van der Waals surface area contributed by atoms with Crippen LogP contribution in [0.5, 0.6) is 0 Å². The molecule has 0 saturated heterocycles. The van der Waals surface area contributed by atoms with Crippen LogP contribution in [0.4, 0.5) is 0 Å². The van der Waals surface area contributed by atoms with Crippen LogP contribution in [0.1, 0.15) is 12.0 Å². The summed E-state index contributed by atoms with van der Waals surface area (Å²) in [5, 5.41) is 8.88. The van der Waals surface area contributed by atoms with Crippen molar-refractivity contribution in [2.45, 2.75) is 12.5 Å². The van der Waals surface area contributed by atoms with E-state index in [-0.39, 0.29) is 0 Å². The number of aliphatic hydroxyl groups excluding tert-OH is 1. The largest absolute Gasteiger partial charge is 0.527 e. The van der Waals surface area contributed by atoms with Crippen molar-refractivity contribution in [2.24, 2.45) is 0 Å². The lowest BCUT2D eigenvalue weighted by atomic mass is 10.2. The molecule has 1 rings (SSSR count). The molecular formula is C12H16O11P2. The van der Waals surface area contributed by atoms with Gasteiger partial charge in [0.05, 0.1) is 6.42 Å². The summed E-state index contributed by atoms with van der Waals surface area (Å²) in [6, 6.07) is 10.0. The first-order valence-corrected chi connectivity index (χ1v) is 9.32. The highest BCUT2D eigenvalue weighted by atomic mass is 31.2. The summed E-state index contributed by atoms with van der Waals surface area (Å²) in [6.07, 6.45) is -1.72. The van der Waals surface area contributed by atoms with Crippen LogP contribution in [0.3, 0.4) is 0 Å². The summed E-state index contributed by atoms with van der Waals surface area (Å²) < 4.78 is 27.2. The minimum absolute atomic E-state index is 1.17. The van der Waals surface area contributed by atoms with E-state index in [1.165, 1.54) is 5.56 Å². The predicted molar refractivity (Wildman–Crippen MR) is 83.4 cm³/mol. The molecule has 5 N–H and O–H groups in total. The van der Waals surface area contributed by atoms with Crippen LogP contribution < -0.4 is 0 Å². The first-order chi connectivity index (χ1) is 11.3. The minimum Gasteiger partial charge on any atom is -0.381 e. The van der Waals surface area contributed by atoms with E-state index in [9.17, 15) is 18.7 Å². The standard InChI is InChI=1S/C8H8.C4H8O11P2/c1-2-8-6-4-3-5-7-8;5-2(4(7)15-17(11,12)13)1-3(6)14-16(8,9)10/h2-7H,1H2;2,5H,1H2,(H2,8,9,10)(H2,11,12,13). The van der Waals surface area contributed by atoms with Gasteiger partial charge in [0.2, 0.25) is 0 Å². The highest BCUT2D eigenvalue weighted by Crippen LogP contribution is 2.38. The van der Waals surface area contributed by atoms with Crippen LogP contribution in [0.15, 0.2) is 36.9 Å². The van der Waals surface area contributed by atoms with Crippen molar-refractivity contribution in [2.75, 3.05) is 0 Å². The summed E-state index contributed by atoms with van der Waals surface area (Å²) in [6.45, 7) is 3.63. The molecule has 0 bridgehead atoms. The third-order valence-electron chi connectivity index (χ3n) is 2.10. The Labute approximate surface area is 142 Å². The molecule has 0 heterocycles.